The largest absolute Gasteiger partial charge is 0.486 e. The highest BCUT2D eigenvalue weighted by Crippen LogP contribution is 2.37. The molecule has 1 aliphatic rings. The number of carbonyl (C=O) groups is 2. The molecule has 0 spiro atoms. The number of rotatable bonds is 4. The van der Waals surface area contributed by atoms with Crippen LogP contribution in [-0.2, 0) is 4.74 Å². The second-order valence-electron chi connectivity index (χ2n) is 6.18. The Kier molecular flexibility index (Phi) is 5.16. The Morgan fingerprint density at radius 2 is 1.71 bits per heavy atom. The van der Waals surface area contributed by atoms with Crippen molar-refractivity contribution in [2.24, 2.45) is 0 Å². The van der Waals surface area contributed by atoms with Crippen LogP contribution >= 0.6 is 0 Å². The van der Waals surface area contributed by atoms with Crippen LogP contribution in [0.25, 0.3) is 0 Å². The lowest BCUT2D eigenvalue weighted by atomic mass is 10.0. The quantitative estimate of drug-likeness (QED) is 0.487. The van der Waals surface area contributed by atoms with Gasteiger partial charge in [0.1, 0.15) is 18.8 Å². The highest BCUT2D eigenvalue weighted by Gasteiger charge is 2.27. The maximum atomic E-state index is 12.7. The van der Waals surface area contributed by atoms with Gasteiger partial charge in [0.05, 0.1) is 23.7 Å². The summed E-state index contributed by atoms with van der Waals surface area (Å²) in [7, 11) is 1.26. The van der Waals surface area contributed by atoms with Crippen LogP contribution in [0.1, 0.15) is 31.8 Å². The van der Waals surface area contributed by atoms with Gasteiger partial charge < -0.3 is 19.5 Å². The van der Waals surface area contributed by atoms with Crippen LogP contribution in [0.2, 0.25) is 0 Å². The van der Waals surface area contributed by atoms with E-state index in [2.05, 4.69) is 5.32 Å². The van der Waals surface area contributed by atoms with E-state index in [4.69, 9.17) is 14.2 Å². The lowest BCUT2D eigenvalue weighted by molar-refractivity contribution is -0.385. The summed E-state index contributed by atoms with van der Waals surface area (Å²) in [6.45, 7) is 4.10. The second kappa shape index (κ2) is 7.55. The number of hydrogen-bond acceptors (Lipinski definition) is 7. The molecular weight excluding hydrogens is 368 g/mol. The van der Waals surface area contributed by atoms with Gasteiger partial charge in [-0.1, -0.05) is 0 Å². The monoisotopic (exact) mass is 386 g/mol. The Hall–Kier alpha value is -3.62. The molecule has 0 bridgehead atoms. The summed E-state index contributed by atoms with van der Waals surface area (Å²) in [5.74, 6) is -0.768. The Labute approximate surface area is 160 Å². The molecule has 0 fully saturated rings. The molecule has 1 heterocycles. The third-order valence-corrected chi connectivity index (χ3v) is 4.43. The summed E-state index contributed by atoms with van der Waals surface area (Å²) in [5, 5.41) is 14.0. The normalized spacial score (nSPS) is 12.2. The number of amides is 1. The molecule has 1 amide bonds. The van der Waals surface area contributed by atoms with E-state index in [1.54, 1.807) is 19.9 Å². The fourth-order valence-corrected chi connectivity index (χ4v) is 2.86. The molecule has 9 nitrogen and oxygen atoms in total. The van der Waals surface area contributed by atoms with Crippen molar-refractivity contribution in [1.29, 1.82) is 0 Å². The molecule has 1 N–H and O–H groups in total. The molecule has 0 aliphatic carbocycles. The molecule has 2 aromatic carbocycles. The highest BCUT2D eigenvalue weighted by molar-refractivity contribution is 6.08. The number of nitro groups is 1. The Morgan fingerprint density at radius 3 is 2.32 bits per heavy atom. The predicted molar refractivity (Wildman–Crippen MR) is 99.3 cm³/mol. The van der Waals surface area contributed by atoms with E-state index in [0.717, 1.165) is 11.1 Å². The van der Waals surface area contributed by atoms with Crippen molar-refractivity contribution in [2.45, 2.75) is 13.8 Å². The van der Waals surface area contributed by atoms with Crippen molar-refractivity contribution in [3.63, 3.8) is 0 Å². The Balaban J connectivity index is 1.98. The lowest BCUT2D eigenvalue weighted by Crippen LogP contribution is -2.19. The van der Waals surface area contributed by atoms with Crippen molar-refractivity contribution >= 4 is 23.3 Å². The number of nitrogens with one attached hydrogen (secondary N) is 1. The minimum atomic E-state index is -0.706. The first-order valence-electron chi connectivity index (χ1n) is 8.40. The van der Waals surface area contributed by atoms with Crippen molar-refractivity contribution < 1.29 is 28.7 Å². The van der Waals surface area contributed by atoms with E-state index in [1.165, 1.54) is 25.3 Å². The third-order valence-electron chi connectivity index (χ3n) is 4.43. The molecule has 2 aromatic rings. The third kappa shape index (κ3) is 3.59. The highest BCUT2D eigenvalue weighted by atomic mass is 16.6. The number of benzene rings is 2. The van der Waals surface area contributed by atoms with Crippen molar-refractivity contribution in [3.05, 3.63) is 56.6 Å². The molecule has 146 valence electrons. The summed E-state index contributed by atoms with van der Waals surface area (Å²) in [6.07, 6.45) is 0. The molecule has 1 aliphatic heterocycles. The van der Waals surface area contributed by atoms with Crippen molar-refractivity contribution in [3.8, 4) is 11.5 Å². The summed E-state index contributed by atoms with van der Waals surface area (Å²) >= 11 is 0. The number of carbonyl (C=O) groups excluding carboxylic acids is 2. The van der Waals surface area contributed by atoms with E-state index >= 15 is 0 Å². The summed E-state index contributed by atoms with van der Waals surface area (Å²) < 4.78 is 15.5. The first-order chi connectivity index (χ1) is 13.3. The molecule has 0 saturated carbocycles. The zero-order chi connectivity index (χ0) is 20.4. The maximum absolute atomic E-state index is 12.7. The Bertz CT molecular complexity index is 985. The minimum Gasteiger partial charge on any atom is -0.486 e. The zero-order valence-corrected chi connectivity index (χ0v) is 15.5. The van der Waals surface area contributed by atoms with Gasteiger partial charge in [-0.25, -0.2) is 4.79 Å². The fraction of sp³-hybridized carbons (Fsp3) is 0.263. The van der Waals surface area contributed by atoms with Crippen LogP contribution in [0.5, 0.6) is 11.5 Å². The number of methoxy groups -OCH3 is 1. The van der Waals surface area contributed by atoms with Crippen molar-refractivity contribution in [2.75, 3.05) is 25.6 Å². The average molecular weight is 386 g/mol. The number of nitro benzene ring substituents is 1. The van der Waals surface area contributed by atoms with Crippen LogP contribution in [0.3, 0.4) is 0 Å². The first-order valence-corrected chi connectivity index (χ1v) is 8.40. The van der Waals surface area contributed by atoms with E-state index in [0.29, 0.717) is 11.3 Å². The molecule has 0 radical (unpaired) electrons. The van der Waals surface area contributed by atoms with Crippen LogP contribution in [0.15, 0.2) is 24.3 Å². The lowest BCUT2D eigenvalue weighted by Gasteiger charge is -2.19. The molecule has 0 aromatic heterocycles. The van der Waals surface area contributed by atoms with Crippen LogP contribution in [-0.4, -0.2) is 37.1 Å². The van der Waals surface area contributed by atoms with Crippen LogP contribution < -0.4 is 14.8 Å². The topological polar surface area (TPSA) is 117 Å². The van der Waals surface area contributed by atoms with Gasteiger partial charge in [0.15, 0.2) is 11.5 Å². The molecule has 28 heavy (non-hydrogen) atoms. The molecule has 0 saturated heterocycles. The molecule has 0 unspecified atom stereocenters. The number of anilines is 1. The molecule has 0 atom stereocenters. The number of nitrogens with zero attached hydrogens (tertiary/aromatic N) is 1. The molecule has 3 rings (SSSR count). The average Bonchev–Trinajstić information content (AvgIpc) is 2.68. The maximum Gasteiger partial charge on any atom is 0.338 e. The SMILES string of the molecule is COC(=O)c1cc(NC(=O)c2cc3c(cc2[N+](=O)[O-])OCCO3)cc(C)c1C. The standard InChI is InChI=1S/C19H18N2O7/c1-10-6-12(7-13(11(10)2)19(23)26-3)20-18(22)14-8-16-17(28-5-4-27-16)9-15(14)21(24)25/h6-9H,4-5H2,1-3H3,(H,20,22). The number of hydrogen-bond donors (Lipinski definition) is 1. The van der Waals surface area contributed by atoms with Gasteiger partial charge in [-0.3, -0.25) is 14.9 Å². The van der Waals surface area contributed by atoms with E-state index in [1.807, 2.05) is 0 Å². The van der Waals surface area contributed by atoms with Gasteiger partial charge in [0, 0.05) is 11.8 Å². The van der Waals surface area contributed by atoms with Gasteiger partial charge in [0.25, 0.3) is 11.6 Å². The van der Waals surface area contributed by atoms with E-state index < -0.39 is 22.5 Å². The van der Waals surface area contributed by atoms with Gasteiger partial charge in [-0.15, -0.1) is 0 Å². The van der Waals surface area contributed by atoms with Crippen LogP contribution in [0, 0.1) is 24.0 Å². The van der Waals surface area contributed by atoms with Gasteiger partial charge in [0.2, 0.25) is 0 Å². The van der Waals surface area contributed by atoms with Crippen molar-refractivity contribution in [1.82, 2.24) is 0 Å². The number of ether oxygens (including phenoxy) is 3. The number of fused-ring (bicyclic) bond motifs is 1. The summed E-state index contributed by atoms with van der Waals surface area (Å²) in [4.78, 5) is 35.4. The second-order valence-corrected chi connectivity index (χ2v) is 6.18. The number of aryl methyl sites for hydroxylation is 1. The number of esters is 1. The first kappa shape index (κ1) is 19.2. The van der Waals surface area contributed by atoms with Gasteiger partial charge >= 0.3 is 5.97 Å². The molecular formula is C19H18N2O7. The molecule has 9 heteroatoms. The predicted octanol–water partition coefficient (Wildman–Crippen LogP) is 3.02. The van der Waals surface area contributed by atoms with E-state index in [-0.39, 0.29) is 30.3 Å². The summed E-state index contributed by atoms with van der Waals surface area (Å²) in [5.41, 5.74) is 1.52. The van der Waals surface area contributed by atoms with Gasteiger partial charge in [-0.05, 0) is 37.1 Å². The van der Waals surface area contributed by atoms with Gasteiger partial charge in [-0.2, -0.15) is 0 Å². The fourth-order valence-electron chi connectivity index (χ4n) is 2.86. The van der Waals surface area contributed by atoms with Crippen LogP contribution in [0.4, 0.5) is 11.4 Å². The summed E-state index contributed by atoms with van der Waals surface area (Å²) in [6, 6.07) is 5.59. The smallest absolute Gasteiger partial charge is 0.338 e. The Morgan fingerprint density at radius 1 is 1.07 bits per heavy atom. The van der Waals surface area contributed by atoms with E-state index in [9.17, 15) is 19.7 Å². The minimum absolute atomic E-state index is 0.174. The zero-order valence-electron chi connectivity index (χ0n) is 15.5.